The van der Waals surface area contributed by atoms with E-state index in [0.29, 0.717) is 6.61 Å². The van der Waals surface area contributed by atoms with E-state index < -0.39 is 0 Å². The van der Waals surface area contributed by atoms with Crippen molar-refractivity contribution in [3.8, 4) is 5.75 Å². The van der Waals surface area contributed by atoms with Crippen LogP contribution >= 0.6 is 0 Å². The monoisotopic (exact) mass is 259 g/mol. The molecule has 4 nitrogen and oxygen atoms in total. The Morgan fingerprint density at radius 2 is 2.00 bits per heavy atom. The molecule has 1 aromatic carbocycles. The molecule has 19 heavy (non-hydrogen) atoms. The first-order valence-corrected chi connectivity index (χ1v) is 6.55. The predicted octanol–water partition coefficient (Wildman–Crippen LogP) is 2.29. The third kappa shape index (κ3) is 4.41. The van der Waals surface area contributed by atoms with Gasteiger partial charge in [-0.1, -0.05) is 17.7 Å². The van der Waals surface area contributed by atoms with Crippen LogP contribution in [0.4, 0.5) is 0 Å². The summed E-state index contributed by atoms with van der Waals surface area (Å²) in [5.41, 5.74) is 2.29. The Balaban J connectivity index is 1.72. The number of benzene rings is 1. The van der Waals surface area contributed by atoms with Crippen molar-refractivity contribution < 1.29 is 4.74 Å². The van der Waals surface area contributed by atoms with E-state index in [-0.39, 0.29) is 6.04 Å². The van der Waals surface area contributed by atoms with Gasteiger partial charge >= 0.3 is 0 Å². The highest BCUT2D eigenvalue weighted by molar-refractivity contribution is 5.26. The maximum Gasteiger partial charge on any atom is 0.119 e. The van der Waals surface area contributed by atoms with E-state index >= 15 is 0 Å². The highest BCUT2D eigenvalue weighted by atomic mass is 16.5. The van der Waals surface area contributed by atoms with E-state index in [1.165, 1.54) is 5.56 Å². The van der Waals surface area contributed by atoms with Gasteiger partial charge in [0.2, 0.25) is 0 Å². The number of rotatable bonds is 6. The first-order valence-electron chi connectivity index (χ1n) is 6.55. The zero-order chi connectivity index (χ0) is 13.7. The molecule has 102 valence electrons. The fraction of sp³-hybridized carbons (Fsp3) is 0.400. The fourth-order valence-corrected chi connectivity index (χ4v) is 1.75. The molecule has 2 rings (SSSR count). The molecule has 0 radical (unpaired) electrons. The van der Waals surface area contributed by atoms with Gasteiger partial charge in [-0.05, 0) is 32.0 Å². The summed E-state index contributed by atoms with van der Waals surface area (Å²) < 4.78 is 7.54. The van der Waals surface area contributed by atoms with Gasteiger partial charge < -0.3 is 10.1 Å². The molecule has 0 spiro atoms. The molecule has 0 aliphatic carbocycles. The Kier molecular flexibility index (Phi) is 4.58. The van der Waals surface area contributed by atoms with E-state index in [1.54, 1.807) is 0 Å². The molecule has 0 amide bonds. The van der Waals surface area contributed by atoms with Gasteiger partial charge in [0.25, 0.3) is 0 Å². The first kappa shape index (κ1) is 13.6. The lowest BCUT2D eigenvalue weighted by Crippen LogP contribution is -2.31. The molecule has 0 saturated heterocycles. The van der Waals surface area contributed by atoms with E-state index in [2.05, 4.69) is 36.4 Å². The summed E-state index contributed by atoms with van der Waals surface area (Å²) >= 11 is 0. The second-order valence-corrected chi connectivity index (χ2v) is 4.89. The van der Waals surface area contributed by atoms with Gasteiger partial charge in [0.1, 0.15) is 12.4 Å². The van der Waals surface area contributed by atoms with Gasteiger partial charge in [-0.3, -0.25) is 4.68 Å². The second kappa shape index (κ2) is 6.38. The number of nitrogens with one attached hydrogen (secondary N) is 1. The van der Waals surface area contributed by atoms with Crippen LogP contribution in [0, 0.1) is 6.92 Å². The molecular weight excluding hydrogens is 238 g/mol. The third-order valence-corrected chi connectivity index (χ3v) is 2.92. The van der Waals surface area contributed by atoms with Crippen molar-refractivity contribution in [2.45, 2.75) is 26.4 Å². The number of hydrogen-bond acceptors (Lipinski definition) is 3. The van der Waals surface area contributed by atoms with Crippen molar-refractivity contribution in [3.63, 3.8) is 0 Å². The first-order chi connectivity index (χ1) is 9.13. The summed E-state index contributed by atoms with van der Waals surface area (Å²) in [5.74, 6) is 0.914. The summed E-state index contributed by atoms with van der Waals surface area (Å²) in [5, 5.41) is 7.72. The summed E-state index contributed by atoms with van der Waals surface area (Å²) in [7, 11) is 1.92. The average Bonchev–Trinajstić information content (AvgIpc) is 2.81. The van der Waals surface area contributed by atoms with Gasteiger partial charge in [-0.2, -0.15) is 5.10 Å². The molecular formula is C15H21N3O. The zero-order valence-corrected chi connectivity index (χ0v) is 11.8. The van der Waals surface area contributed by atoms with E-state index in [1.807, 2.05) is 36.1 Å². The summed E-state index contributed by atoms with van der Waals surface area (Å²) in [6.07, 6.45) is 1.95. The Morgan fingerprint density at radius 1 is 1.26 bits per heavy atom. The number of hydrogen-bond donors (Lipinski definition) is 1. The van der Waals surface area contributed by atoms with Crippen LogP contribution in [0.2, 0.25) is 0 Å². The zero-order valence-electron chi connectivity index (χ0n) is 11.8. The molecule has 0 saturated carbocycles. The van der Waals surface area contributed by atoms with Crippen molar-refractivity contribution in [3.05, 3.63) is 47.8 Å². The van der Waals surface area contributed by atoms with Crippen LogP contribution in [0.1, 0.15) is 18.2 Å². The molecule has 1 atom stereocenters. The molecule has 1 unspecified atom stereocenters. The van der Waals surface area contributed by atoms with Crippen LogP contribution in [-0.2, 0) is 13.6 Å². The average molecular weight is 259 g/mol. The minimum absolute atomic E-state index is 0.281. The van der Waals surface area contributed by atoms with Gasteiger partial charge in [0.05, 0.1) is 5.69 Å². The van der Waals surface area contributed by atoms with E-state index in [4.69, 9.17) is 4.74 Å². The van der Waals surface area contributed by atoms with Gasteiger partial charge in [0, 0.05) is 25.8 Å². The van der Waals surface area contributed by atoms with Crippen LogP contribution in [0.3, 0.4) is 0 Å². The number of nitrogens with zero attached hydrogens (tertiary/aromatic N) is 2. The van der Waals surface area contributed by atoms with Crippen molar-refractivity contribution in [1.82, 2.24) is 15.1 Å². The molecule has 2 aromatic rings. The standard InChI is InChI=1S/C15H21N3O/c1-12-4-6-15(7-5-12)19-11-13(2)16-10-14-8-9-18(3)17-14/h4-9,13,16H,10-11H2,1-3H3. The Labute approximate surface area is 114 Å². The molecule has 0 aliphatic heterocycles. The maximum absolute atomic E-state index is 5.73. The highest BCUT2D eigenvalue weighted by Gasteiger charge is 2.04. The van der Waals surface area contributed by atoms with Crippen molar-refractivity contribution in [1.29, 1.82) is 0 Å². The van der Waals surface area contributed by atoms with Crippen LogP contribution in [0.25, 0.3) is 0 Å². The molecule has 1 aromatic heterocycles. The van der Waals surface area contributed by atoms with Crippen LogP contribution in [-0.4, -0.2) is 22.4 Å². The van der Waals surface area contributed by atoms with Gasteiger partial charge in [-0.25, -0.2) is 0 Å². The minimum atomic E-state index is 0.281. The summed E-state index contributed by atoms with van der Waals surface area (Å²) in [6.45, 7) is 5.59. The normalized spacial score (nSPS) is 12.4. The molecule has 1 N–H and O–H groups in total. The quantitative estimate of drug-likeness (QED) is 0.865. The minimum Gasteiger partial charge on any atom is -0.492 e. The third-order valence-electron chi connectivity index (χ3n) is 2.92. The summed E-state index contributed by atoms with van der Waals surface area (Å²) in [6, 6.07) is 10.4. The van der Waals surface area contributed by atoms with Gasteiger partial charge in [0.15, 0.2) is 0 Å². The molecule has 0 bridgehead atoms. The van der Waals surface area contributed by atoms with E-state index in [0.717, 1.165) is 18.0 Å². The predicted molar refractivity (Wildman–Crippen MR) is 76.2 cm³/mol. The molecule has 0 aliphatic rings. The maximum atomic E-state index is 5.73. The number of aryl methyl sites for hydroxylation is 2. The van der Waals surface area contributed by atoms with Crippen LogP contribution in [0.5, 0.6) is 5.75 Å². The van der Waals surface area contributed by atoms with Crippen LogP contribution < -0.4 is 10.1 Å². The molecule has 4 heteroatoms. The Bertz CT molecular complexity index is 504. The molecule has 0 fully saturated rings. The number of aromatic nitrogens is 2. The Hall–Kier alpha value is -1.81. The topological polar surface area (TPSA) is 39.1 Å². The smallest absolute Gasteiger partial charge is 0.119 e. The number of ether oxygens (including phenoxy) is 1. The van der Waals surface area contributed by atoms with Crippen molar-refractivity contribution in [2.75, 3.05) is 6.61 Å². The lowest BCUT2D eigenvalue weighted by Gasteiger charge is -2.14. The van der Waals surface area contributed by atoms with E-state index in [9.17, 15) is 0 Å². The lowest BCUT2D eigenvalue weighted by atomic mass is 10.2. The lowest BCUT2D eigenvalue weighted by molar-refractivity contribution is 0.272. The van der Waals surface area contributed by atoms with Crippen molar-refractivity contribution in [2.24, 2.45) is 7.05 Å². The van der Waals surface area contributed by atoms with Crippen LogP contribution in [0.15, 0.2) is 36.5 Å². The summed E-state index contributed by atoms with van der Waals surface area (Å²) in [4.78, 5) is 0. The Morgan fingerprint density at radius 3 is 2.63 bits per heavy atom. The SMILES string of the molecule is Cc1ccc(OCC(C)NCc2ccn(C)n2)cc1. The largest absolute Gasteiger partial charge is 0.492 e. The van der Waals surface area contributed by atoms with Crippen molar-refractivity contribution >= 4 is 0 Å². The highest BCUT2D eigenvalue weighted by Crippen LogP contribution is 2.11. The molecule has 1 heterocycles. The second-order valence-electron chi connectivity index (χ2n) is 4.89. The fourth-order valence-electron chi connectivity index (χ4n) is 1.75. The van der Waals surface area contributed by atoms with Gasteiger partial charge in [-0.15, -0.1) is 0 Å².